The Morgan fingerprint density at radius 3 is 2.38 bits per heavy atom. The van der Waals surface area contributed by atoms with Gasteiger partial charge in [-0.1, -0.05) is 0 Å². The number of hydrogen-bond donors (Lipinski definition) is 0. The van der Waals surface area contributed by atoms with Crippen LogP contribution in [0.5, 0.6) is 0 Å². The number of carbonyl (C=O) groups is 1. The molecule has 1 aliphatic heterocycles. The van der Waals surface area contributed by atoms with E-state index >= 15 is 0 Å². The minimum atomic E-state index is -0.413. The van der Waals surface area contributed by atoms with Gasteiger partial charge < -0.3 is 0 Å². The monoisotopic (exact) mass is 422 g/mol. The molecule has 1 saturated heterocycles. The van der Waals surface area contributed by atoms with Gasteiger partial charge in [0.2, 0.25) is 0 Å². The van der Waals surface area contributed by atoms with Gasteiger partial charge in [0.05, 0.1) is 6.54 Å². The third-order valence-corrected chi connectivity index (χ3v) is 4.98. The predicted octanol–water partition coefficient (Wildman–Crippen LogP) is 3.80. The van der Waals surface area contributed by atoms with Gasteiger partial charge in [-0.05, 0) is 40.6 Å². The number of piperazine rings is 1. The summed E-state index contributed by atoms with van der Waals surface area (Å²) in [6.07, 6.45) is 0.484. The Bertz CT molecular complexity index is 693. The predicted molar refractivity (Wildman–Crippen MR) is 106 cm³/mol. The van der Waals surface area contributed by atoms with Crippen LogP contribution >= 0.6 is 36.2 Å². The Morgan fingerprint density at radius 2 is 1.73 bits per heavy atom. The van der Waals surface area contributed by atoms with Crippen LogP contribution in [0.15, 0.2) is 35.0 Å². The average molecular weight is 423 g/mol. The van der Waals surface area contributed by atoms with E-state index in [1.165, 1.54) is 12.1 Å². The maximum Gasteiger partial charge on any atom is 0.151 e. The van der Waals surface area contributed by atoms with Gasteiger partial charge in [0.25, 0.3) is 0 Å². The van der Waals surface area contributed by atoms with Crippen molar-refractivity contribution in [3.05, 3.63) is 57.8 Å². The van der Waals surface area contributed by atoms with Crippen LogP contribution in [0, 0.1) is 11.6 Å². The van der Waals surface area contributed by atoms with Gasteiger partial charge in [0.1, 0.15) is 11.6 Å². The number of carbonyl (C=O) groups excluding carboxylic acids is 1. The lowest BCUT2D eigenvalue weighted by Crippen LogP contribution is -2.47. The van der Waals surface area contributed by atoms with Gasteiger partial charge in [0.15, 0.2) is 5.78 Å². The van der Waals surface area contributed by atoms with Crippen molar-refractivity contribution >= 4 is 41.9 Å². The molecule has 0 aliphatic carbocycles. The van der Waals surface area contributed by atoms with E-state index < -0.39 is 5.82 Å². The van der Waals surface area contributed by atoms with Gasteiger partial charge >= 0.3 is 0 Å². The fourth-order valence-corrected chi connectivity index (χ4v) is 3.61. The molecule has 0 N–H and O–H groups in total. The molecule has 0 radical (unpaired) electrons. The molecule has 0 atom stereocenters. The minimum absolute atomic E-state index is 0. The molecule has 0 amide bonds. The number of halogens is 4. The van der Waals surface area contributed by atoms with Crippen molar-refractivity contribution in [3.63, 3.8) is 0 Å². The quantitative estimate of drug-likeness (QED) is 0.706. The number of hydrogen-bond acceptors (Lipinski definition) is 4. The number of ketones is 1. The Kier molecular flexibility index (Phi) is 9.68. The third kappa shape index (κ3) is 6.59. The van der Waals surface area contributed by atoms with Crippen LogP contribution in [0.2, 0.25) is 0 Å². The van der Waals surface area contributed by atoms with E-state index in [0.29, 0.717) is 25.1 Å². The number of benzene rings is 1. The summed E-state index contributed by atoms with van der Waals surface area (Å²) in [5, 5.41) is 3.98. The number of Topliss-reactive ketones (excluding diaryl/α,β-unsaturated/α-hetero) is 1. The Morgan fingerprint density at radius 1 is 1.04 bits per heavy atom. The van der Waals surface area contributed by atoms with E-state index in [1.54, 1.807) is 11.3 Å². The summed E-state index contributed by atoms with van der Waals surface area (Å²) in [6, 6.07) is 5.54. The summed E-state index contributed by atoms with van der Waals surface area (Å²) in [5.74, 6) is -0.563. The summed E-state index contributed by atoms with van der Waals surface area (Å²) in [6.45, 7) is 3.90. The first-order chi connectivity index (χ1) is 11.6. The van der Waals surface area contributed by atoms with Crippen LogP contribution < -0.4 is 0 Å². The fraction of sp³-hybridized carbons (Fsp3) is 0.389. The van der Waals surface area contributed by atoms with Crippen molar-refractivity contribution in [2.24, 2.45) is 0 Å². The maximum absolute atomic E-state index is 13.7. The topological polar surface area (TPSA) is 23.6 Å². The second kappa shape index (κ2) is 10.9. The summed E-state index contributed by atoms with van der Waals surface area (Å²) < 4.78 is 26.9. The molecule has 2 heterocycles. The van der Waals surface area contributed by atoms with Crippen molar-refractivity contribution in [1.29, 1.82) is 0 Å². The molecule has 1 fully saturated rings. The SMILES string of the molecule is Cl.Cl.O=C(Cc1ccsc1)CN1CCN(Cc2cc(F)ccc2F)CC1. The standard InChI is InChI=1S/C18H20F2N2OS.2ClH/c19-16-1-2-18(20)15(10-16)11-21-4-6-22(7-5-21)12-17(23)9-14-3-8-24-13-14;;/h1-3,8,10,13H,4-7,9,11-12H2;2*1H. The highest BCUT2D eigenvalue weighted by Crippen LogP contribution is 2.14. The maximum atomic E-state index is 13.7. The van der Waals surface area contributed by atoms with E-state index in [4.69, 9.17) is 0 Å². The molecule has 1 aromatic carbocycles. The Hall–Kier alpha value is -1.05. The van der Waals surface area contributed by atoms with Crippen LogP contribution in [0.1, 0.15) is 11.1 Å². The zero-order valence-corrected chi connectivity index (χ0v) is 16.6. The summed E-state index contributed by atoms with van der Waals surface area (Å²) in [4.78, 5) is 16.3. The van der Waals surface area contributed by atoms with Crippen molar-refractivity contribution in [3.8, 4) is 0 Å². The first-order valence-electron chi connectivity index (χ1n) is 8.01. The summed E-state index contributed by atoms with van der Waals surface area (Å²) in [7, 11) is 0. The lowest BCUT2D eigenvalue weighted by atomic mass is 10.1. The molecule has 0 unspecified atom stereocenters. The normalized spacial score (nSPS) is 15.2. The molecule has 8 heteroatoms. The number of nitrogens with zero attached hydrogens (tertiary/aromatic N) is 2. The van der Waals surface area contributed by atoms with Gasteiger partial charge in [-0.25, -0.2) is 8.78 Å². The van der Waals surface area contributed by atoms with Gasteiger partial charge in [-0.15, -0.1) is 24.8 Å². The zero-order chi connectivity index (χ0) is 16.9. The van der Waals surface area contributed by atoms with E-state index in [9.17, 15) is 13.6 Å². The molecule has 26 heavy (non-hydrogen) atoms. The largest absolute Gasteiger partial charge is 0.298 e. The second-order valence-electron chi connectivity index (χ2n) is 6.14. The van der Waals surface area contributed by atoms with E-state index in [0.717, 1.165) is 37.8 Å². The van der Waals surface area contributed by atoms with E-state index in [1.807, 2.05) is 16.8 Å². The summed E-state index contributed by atoms with van der Waals surface area (Å²) in [5.41, 5.74) is 1.46. The minimum Gasteiger partial charge on any atom is -0.298 e. The molecule has 3 nitrogen and oxygen atoms in total. The van der Waals surface area contributed by atoms with E-state index in [2.05, 4.69) is 9.80 Å². The highest BCUT2D eigenvalue weighted by molar-refractivity contribution is 7.08. The Labute approximate surface area is 168 Å². The third-order valence-electron chi connectivity index (χ3n) is 4.25. The first kappa shape index (κ1) is 23.0. The Balaban J connectivity index is 0.00000169. The molecule has 2 aromatic rings. The lowest BCUT2D eigenvalue weighted by Gasteiger charge is -2.34. The lowest BCUT2D eigenvalue weighted by molar-refractivity contribution is -0.120. The number of thiophene rings is 1. The van der Waals surface area contributed by atoms with Crippen molar-refractivity contribution in [1.82, 2.24) is 9.80 Å². The highest BCUT2D eigenvalue weighted by Gasteiger charge is 2.20. The summed E-state index contributed by atoms with van der Waals surface area (Å²) >= 11 is 1.60. The van der Waals surface area contributed by atoms with Gasteiger partial charge in [-0.3, -0.25) is 14.6 Å². The molecular formula is C18H22Cl2F2N2OS. The van der Waals surface area contributed by atoms with Crippen molar-refractivity contribution in [2.75, 3.05) is 32.7 Å². The first-order valence-corrected chi connectivity index (χ1v) is 8.96. The molecule has 144 valence electrons. The second-order valence-corrected chi connectivity index (χ2v) is 6.92. The number of rotatable bonds is 6. The molecule has 1 aromatic heterocycles. The molecule has 0 saturated carbocycles. The van der Waals surface area contributed by atoms with Gasteiger partial charge in [0, 0.05) is 44.7 Å². The fourth-order valence-electron chi connectivity index (χ4n) is 2.94. The van der Waals surface area contributed by atoms with Crippen LogP contribution in [0.3, 0.4) is 0 Å². The van der Waals surface area contributed by atoms with Gasteiger partial charge in [-0.2, -0.15) is 11.3 Å². The molecule has 1 aliphatic rings. The van der Waals surface area contributed by atoms with Crippen LogP contribution in [-0.2, 0) is 17.8 Å². The van der Waals surface area contributed by atoms with E-state index in [-0.39, 0.29) is 36.4 Å². The molecule has 0 spiro atoms. The average Bonchev–Trinajstić information content (AvgIpc) is 3.05. The molecular weight excluding hydrogens is 401 g/mol. The zero-order valence-electron chi connectivity index (χ0n) is 14.2. The molecule has 3 rings (SSSR count). The van der Waals surface area contributed by atoms with Crippen LogP contribution in [0.4, 0.5) is 8.78 Å². The van der Waals surface area contributed by atoms with Crippen LogP contribution in [-0.4, -0.2) is 48.3 Å². The molecule has 0 bridgehead atoms. The van der Waals surface area contributed by atoms with Crippen molar-refractivity contribution < 1.29 is 13.6 Å². The highest BCUT2D eigenvalue weighted by atomic mass is 35.5. The smallest absolute Gasteiger partial charge is 0.151 e. The van der Waals surface area contributed by atoms with Crippen molar-refractivity contribution in [2.45, 2.75) is 13.0 Å². The van der Waals surface area contributed by atoms with Crippen LogP contribution in [0.25, 0.3) is 0 Å².